The Morgan fingerprint density at radius 1 is 1.13 bits per heavy atom. The summed E-state index contributed by atoms with van der Waals surface area (Å²) >= 11 is 1.71. The molecule has 0 bridgehead atoms. The van der Waals surface area contributed by atoms with Crippen LogP contribution in [0.25, 0.3) is 0 Å². The number of aryl methyl sites for hydroxylation is 2. The molecule has 2 aromatic rings. The first-order valence-corrected chi connectivity index (χ1v) is 10.9. The van der Waals surface area contributed by atoms with E-state index in [1.807, 2.05) is 26.0 Å². The van der Waals surface area contributed by atoms with Crippen molar-refractivity contribution < 1.29 is 17.9 Å². The Hall–Kier alpha value is -2.13. The van der Waals surface area contributed by atoms with E-state index in [-0.39, 0.29) is 6.61 Å². The van der Waals surface area contributed by atoms with E-state index in [0.717, 1.165) is 49.6 Å². The summed E-state index contributed by atoms with van der Waals surface area (Å²) in [7, 11) is 0. The van der Waals surface area contributed by atoms with Crippen molar-refractivity contribution in [1.82, 2.24) is 15.6 Å². The Kier molecular flexibility index (Phi) is 10.1. The number of aromatic nitrogens is 1. The highest BCUT2D eigenvalue weighted by atomic mass is 32.1. The lowest BCUT2D eigenvalue weighted by atomic mass is 10.1. The fraction of sp³-hybridized carbons (Fsp3) is 0.524. The van der Waals surface area contributed by atoms with Crippen molar-refractivity contribution in [3.63, 3.8) is 0 Å². The molecule has 0 saturated heterocycles. The van der Waals surface area contributed by atoms with Crippen LogP contribution in [0.5, 0.6) is 0 Å². The predicted octanol–water partition coefficient (Wildman–Crippen LogP) is 4.61. The summed E-state index contributed by atoms with van der Waals surface area (Å²) in [4.78, 5) is 9.04. The molecule has 0 aliphatic rings. The molecule has 0 aliphatic heterocycles. The molecule has 166 valence electrons. The number of hydrogen-bond donors (Lipinski definition) is 2. The van der Waals surface area contributed by atoms with Crippen molar-refractivity contribution in [3.05, 3.63) is 51.5 Å². The van der Waals surface area contributed by atoms with E-state index in [4.69, 9.17) is 0 Å². The third kappa shape index (κ3) is 10.1. The van der Waals surface area contributed by atoms with Crippen molar-refractivity contribution >= 4 is 17.3 Å². The number of guanidine groups is 1. The second-order valence-corrected chi connectivity index (χ2v) is 7.83. The number of unbranched alkanes of at least 4 members (excludes halogenated alkanes) is 1. The number of benzene rings is 1. The molecule has 1 aromatic heterocycles. The Bertz CT molecular complexity index is 775. The van der Waals surface area contributed by atoms with Gasteiger partial charge in [0.25, 0.3) is 0 Å². The summed E-state index contributed by atoms with van der Waals surface area (Å²) in [6, 6.07) is 7.24. The van der Waals surface area contributed by atoms with Crippen LogP contribution >= 0.6 is 11.3 Å². The molecule has 0 atom stereocenters. The molecule has 1 heterocycles. The van der Waals surface area contributed by atoms with Gasteiger partial charge in [-0.15, -0.1) is 11.3 Å². The van der Waals surface area contributed by atoms with Gasteiger partial charge in [0.1, 0.15) is 6.61 Å². The molecule has 5 nitrogen and oxygen atoms in total. The van der Waals surface area contributed by atoms with Crippen LogP contribution in [0.4, 0.5) is 13.2 Å². The van der Waals surface area contributed by atoms with Gasteiger partial charge in [0, 0.05) is 24.2 Å². The fourth-order valence-corrected chi connectivity index (χ4v) is 3.48. The van der Waals surface area contributed by atoms with Gasteiger partial charge in [-0.05, 0) is 44.2 Å². The van der Waals surface area contributed by atoms with Crippen molar-refractivity contribution in [2.45, 2.75) is 52.4 Å². The third-order valence-electron chi connectivity index (χ3n) is 4.10. The highest BCUT2D eigenvalue weighted by Gasteiger charge is 2.27. The average Bonchev–Trinajstić information content (AvgIpc) is 3.11. The van der Waals surface area contributed by atoms with E-state index in [1.165, 1.54) is 5.01 Å². The van der Waals surface area contributed by atoms with Gasteiger partial charge in [-0.2, -0.15) is 13.2 Å². The van der Waals surface area contributed by atoms with Gasteiger partial charge in [-0.25, -0.2) is 9.98 Å². The SMILES string of the molecule is CCNC(=NCc1ccc(COCC(F)(F)F)cc1)NCCCCc1nc(C)cs1. The zero-order chi connectivity index (χ0) is 21.8. The molecule has 1 aromatic carbocycles. The molecule has 2 rings (SSSR count). The topological polar surface area (TPSA) is 58.5 Å². The number of halogens is 3. The maximum Gasteiger partial charge on any atom is 0.411 e. The fourth-order valence-electron chi connectivity index (χ4n) is 2.66. The van der Waals surface area contributed by atoms with Crippen LogP contribution in [0, 0.1) is 6.92 Å². The largest absolute Gasteiger partial charge is 0.411 e. The van der Waals surface area contributed by atoms with Crippen LogP contribution in [0.1, 0.15) is 41.6 Å². The molecule has 9 heteroatoms. The minimum absolute atomic E-state index is 0.0617. The van der Waals surface area contributed by atoms with Crippen LogP contribution < -0.4 is 10.6 Å². The normalized spacial score (nSPS) is 12.2. The third-order valence-corrected chi connectivity index (χ3v) is 5.12. The summed E-state index contributed by atoms with van der Waals surface area (Å²) in [6.45, 7) is 4.80. The summed E-state index contributed by atoms with van der Waals surface area (Å²) in [6.07, 6.45) is -1.22. The quantitative estimate of drug-likeness (QED) is 0.303. The summed E-state index contributed by atoms with van der Waals surface area (Å²) < 4.78 is 41.0. The number of nitrogens with zero attached hydrogens (tertiary/aromatic N) is 2. The maximum absolute atomic E-state index is 12.1. The number of thiazole rings is 1. The van der Waals surface area contributed by atoms with Crippen LogP contribution in [-0.4, -0.2) is 36.8 Å². The highest BCUT2D eigenvalue weighted by molar-refractivity contribution is 7.09. The molecule has 0 radical (unpaired) electrons. The number of aliphatic imine (C=N–C) groups is 1. The number of nitrogens with one attached hydrogen (secondary N) is 2. The van der Waals surface area contributed by atoms with E-state index in [9.17, 15) is 13.2 Å². The van der Waals surface area contributed by atoms with Crippen LogP contribution in [0.3, 0.4) is 0 Å². The molecule has 0 spiro atoms. The number of alkyl halides is 3. The lowest BCUT2D eigenvalue weighted by Gasteiger charge is -2.11. The van der Waals surface area contributed by atoms with E-state index in [2.05, 4.69) is 30.7 Å². The molecule has 0 amide bonds. The number of ether oxygens (including phenoxy) is 1. The highest BCUT2D eigenvalue weighted by Crippen LogP contribution is 2.16. The Balaban J connectivity index is 1.72. The Labute approximate surface area is 179 Å². The van der Waals surface area contributed by atoms with Gasteiger partial charge < -0.3 is 15.4 Å². The second-order valence-electron chi connectivity index (χ2n) is 6.89. The second kappa shape index (κ2) is 12.5. The van der Waals surface area contributed by atoms with Crippen LogP contribution in [0.15, 0.2) is 34.6 Å². The first-order valence-electron chi connectivity index (χ1n) is 10.0. The first-order chi connectivity index (χ1) is 14.4. The van der Waals surface area contributed by atoms with Gasteiger partial charge in [0.2, 0.25) is 0 Å². The summed E-state index contributed by atoms with van der Waals surface area (Å²) in [5, 5.41) is 9.81. The van der Waals surface area contributed by atoms with Crippen LogP contribution in [0.2, 0.25) is 0 Å². The lowest BCUT2D eigenvalue weighted by molar-refractivity contribution is -0.176. The molecule has 0 fully saturated rings. The van der Waals surface area contributed by atoms with Crippen molar-refractivity contribution in [3.8, 4) is 0 Å². The van der Waals surface area contributed by atoms with Gasteiger partial charge in [-0.1, -0.05) is 24.3 Å². The molecule has 0 unspecified atom stereocenters. The maximum atomic E-state index is 12.1. The van der Waals surface area contributed by atoms with Gasteiger partial charge in [-0.3, -0.25) is 0 Å². The average molecular weight is 443 g/mol. The molecule has 30 heavy (non-hydrogen) atoms. The summed E-state index contributed by atoms with van der Waals surface area (Å²) in [5.41, 5.74) is 2.76. The van der Waals surface area contributed by atoms with Crippen LogP contribution in [-0.2, 0) is 24.3 Å². The van der Waals surface area contributed by atoms with E-state index >= 15 is 0 Å². The molecule has 0 saturated carbocycles. The van der Waals surface area contributed by atoms with E-state index in [0.29, 0.717) is 12.1 Å². The summed E-state index contributed by atoms with van der Waals surface area (Å²) in [5.74, 6) is 0.750. The number of rotatable bonds is 11. The molecule has 2 N–H and O–H groups in total. The van der Waals surface area contributed by atoms with Gasteiger partial charge >= 0.3 is 6.18 Å². The van der Waals surface area contributed by atoms with Crippen molar-refractivity contribution in [2.24, 2.45) is 4.99 Å². The van der Waals surface area contributed by atoms with Gasteiger partial charge in [0.05, 0.1) is 18.2 Å². The monoisotopic (exact) mass is 442 g/mol. The van der Waals surface area contributed by atoms with E-state index < -0.39 is 12.8 Å². The molecule has 0 aliphatic carbocycles. The predicted molar refractivity (Wildman–Crippen MR) is 115 cm³/mol. The lowest BCUT2D eigenvalue weighted by Crippen LogP contribution is -2.37. The van der Waals surface area contributed by atoms with Crippen molar-refractivity contribution in [2.75, 3.05) is 19.7 Å². The van der Waals surface area contributed by atoms with E-state index in [1.54, 1.807) is 23.5 Å². The van der Waals surface area contributed by atoms with Crippen molar-refractivity contribution in [1.29, 1.82) is 0 Å². The Morgan fingerprint density at radius 2 is 1.87 bits per heavy atom. The first kappa shape index (κ1) is 24.1. The number of hydrogen-bond acceptors (Lipinski definition) is 4. The van der Waals surface area contributed by atoms with Gasteiger partial charge in [0.15, 0.2) is 5.96 Å². The smallest absolute Gasteiger partial charge is 0.367 e. The molecular weight excluding hydrogens is 413 g/mol. The molecular formula is C21H29F3N4OS. The minimum Gasteiger partial charge on any atom is -0.367 e. The Morgan fingerprint density at radius 3 is 2.50 bits per heavy atom. The zero-order valence-electron chi connectivity index (χ0n) is 17.4. The standard InChI is InChI=1S/C21H29F3N4OS/c1-3-25-20(26-11-5-4-6-19-28-16(2)14-30-19)27-12-17-7-9-18(10-8-17)13-29-15-21(22,23)24/h7-10,14H,3-6,11-13,15H2,1-2H3,(H2,25,26,27). The zero-order valence-corrected chi connectivity index (χ0v) is 18.2. The minimum atomic E-state index is -4.30.